The van der Waals surface area contributed by atoms with Crippen molar-refractivity contribution in [2.24, 2.45) is 5.73 Å². The molecule has 0 aliphatic carbocycles. The van der Waals surface area contributed by atoms with Crippen molar-refractivity contribution in [3.05, 3.63) is 63.9 Å². The molecule has 0 spiro atoms. The molecule has 0 fully saturated rings. The zero-order valence-electron chi connectivity index (χ0n) is 9.73. The fourth-order valence-electron chi connectivity index (χ4n) is 1.88. The molecule has 88 valence electrons. The molecule has 17 heavy (non-hydrogen) atoms. The third-order valence-corrected chi connectivity index (χ3v) is 3.57. The van der Waals surface area contributed by atoms with Crippen molar-refractivity contribution in [1.29, 1.82) is 0 Å². The second kappa shape index (κ2) is 5.43. The Morgan fingerprint density at radius 3 is 2.71 bits per heavy atom. The molecular formula is C14H15BrN2. The van der Waals surface area contributed by atoms with Crippen molar-refractivity contribution in [2.45, 2.75) is 19.4 Å². The summed E-state index contributed by atoms with van der Waals surface area (Å²) in [7, 11) is 0. The molecule has 2 aromatic rings. The summed E-state index contributed by atoms with van der Waals surface area (Å²) in [6, 6.07) is 12.1. The molecule has 3 heteroatoms. The number of hydrogen-bond acceptors (Lipinski definition) is 2. The maximum atomic E-state index is 6.21. The van der Waals surface area contributed by atoms with Gasteiger partial charge in [-0.1, -0.05) is 40.2 Å². The first kappa shape index (κ1) is 12.3. The van der Waals surface area contributed by atoms with Crippen LogP contribution in [0.4, 0.5) is 0 Å². The minimum atomic E-state index is -0.0603. The van der Waals surface area contributed by atoms with E-state index in [9.17, 15) is 0 Å². The Balaban J connectivity index is 2.20. The van der Waals surface area contributed by atoms with Gasteiger partial charge in [0.05, 0.1) is 11.7 Å². The third kappa shape index (κ3) is 2.93. The van der Waals surface area contributed by atoms with Gasteiger partial charge in [-0.2, -0.15) is 0 Å². The van der Waals surface area contributed by atoms with Crippen LogP contribution >= 0.6 is 15.9 Å². The molecule has 2 N–H and O–H groups in total. The highest BCUT2D eigenvalue weighted by molar-refractivity contribution is 9.10. The average molecular weight is 291 g/mol. The van der Waals surface area contributed by atoms with Gasteiger partial charge in [0.2, 0.25) is 0 Å². The molecule has 1 aromatic carbocycles. The number of halogens is 1. The second-order valence-electron chi connectivity index (χ2n) is 4.11. The van der Waals surface area contributed by atoms with E-state index in [-0.39, 0.29) is 6.04 Å². The largest absolute Gasteiger partial charge is 0.322 e. The van der Waals surface area contributed by atoms with Gasteiger partial charge in [-0.3, -0.25) is 4.98 Å². The predicted molar refractivity (Wildman–Crippen MR) is 73.7 cm³/mol. The van der Waals surface area contributed by atoms with Crippen LogP contribution < -0.4 is 5.73 Å². The third-order valence-electron chi connectivity index (χ3n) is 2.80. The van der Waals surface area contributed by atoms with Crippen LogP contribution in [-0.2, 0) is 6.42 Å². The van der Waals surface area contributed by atoms with Crippen molar-refractivity contribution in [2.75, 3.05) is 0 Å². The molecular weight excluding hydrogens is 276 g/mol. The maximum Gasteiger partial charge on any atom is 0.0603 e. The van der Waals surface area contributed by atoms with Gasteiger partial charge < -0.3 is 5.73 Å². The van der Waals surface area contributed by atoms with Crippen LogP contribution in [0.15, 0.2) is 47.1 Å². The molecule has 2 rings (SSSR count). The van der Waals surface area contributed by atoms with E-state index in [0.29, 0.717) is 0 Å². The molecule has 1 heterocycles. The number of benzene rings is 1. The van der Waals surface area contributed by atoms with Gasteiger partial charge in [0.15, 0.2) is 0 Å². The Hall–Kier alpha value is -1.19. The number of pyridine rings is 1. The first-order chi connectivity index (χ1) is 8.18. The van der Waals surface area contributed by atoms with E-state index in [2.05, 4.69) is 27.0 Å². The van der Waals surface area contributed by atoms with Gasteiger partial charge in [-0.15, -0.1) is 0 Å². The van der Waals surface area contributed by atoms with Crippen LogP contribution in [0.2, 0.25) is 0 Å². The van der Waals surface area contributed by atoms with Crippen LogP contribution in [0.3, 0.4) is 0 Å². The molecule has 0 bridgehead atoms. The summed E-state index contributed by atoms with van der Waals surface area (Å²) in [5.41, 5.74) is 9.55. The number of aryl methyl sites for hydroxylation is 1. The van der Waals surface area contributed by atoms with E-state index in [4.69, 9.17) is 5.73 Å². The van der Waals surface area contributed by atoms with Gasteiger partial charge in [-0.05, 0) is 36.6 Å². The fourth-order valence-corrected chi connectivity index (χ4v) is 2.33. The first-order valence-electron chi connectivity index (χ1n) is 5.59. The lowest BCUT2D eigenvalue weighted by Crippen LogP contribution is -2.16. The molecule has 2 nitrogen and oxygen atoms in total. The van der Waals surface area contributed by atoms with Crippen molar-refractivity contribution < 1.29 is 0 Å². The summed E-state index contributed by atoms with van der Waals surface area (Å²) in [5, 5.41) is 0. The monoisotopic (exact) mass is 290 g/mol. The number of hydrogen-bond donors (Lipinski definition) is 1. The van der Waals surface area contributed by atoms with Crippen molar-refractivity contribution in [3.63, 3.8) is 0 Å². The van der Waals surface area contributed by atoms with Crippen molar-refractivity contribution in [3.8, 4) is 0 Å². The summed E-state index contributed by atoms with van der Waals surface area (Å²) >= 11 is 3.54. The zero-order chi connectivity index (χ0) is 12.3. The van der Waals surface area contributed by atoms with Crippen LogP contribution in [0, 0.1) is 6.92 Å². The number of rotatable bonds is 3. The summed E-state index contributed by atoms with van der Waals surface area (Å²) in [6.45, 7) is 2.04. The lowest BCUT2D eigenvalue weighted by Gasteiger charge is -2.14. The number of nitrogens with two attached hydrogens (primary N) is 1. The lowest BCUT2D eigenvalue weighted by atomic mass is 10.0. The Labute approximate surface area is 110 Å². The molecule has 0 saturated carbocycles. The normalized spacial score (nSPS) is 12.4. The van der Waals surface area contributed by atoms with Gasteiger partial charge >= 0.3 is 0 Å². The van der Waals surface area contributed by atoms with Crippen LogP contribution in [0.5, 0.6) is 0 Å². The Kier molecular flexibility index (Phi) is 3.92. The van der Waals surface area contributed by atoms with Gasteiger partial charge in [0, 0.05) is 10.7 Å². The minimum absolute atomic E-state index is 0.0603. The van der Waals surface area contributed by atoms with Crippen LogP contribution in [-0.4, -0.2) is 4.98 Å². The molecule has 0 saturated heterocycles. The second-order valence-corrected chi connectivity index (χ2v) is 4.96. The lowest BCUT2D eigenvalue weighted by molar-refractivity contribution is 0.688. The molecule has 1 unspecified atom stereocenters. The SMILES string of the molecule is Cc1cccnc1C(N)Cc1ccccc1Br. The highest BCUT2D eigenvalue weighted by atomic mass is 79.9. The first-order valence-corrected chi connectivity index (χ1v) is 6.38. The Morgan fingerprint density at radius 1 is 1.24 bits per heavy atom. The predicted octanol–water partition coefficient (Wildman–Crippen LogP) is 3.40. The molecule has 1 atom stereocenters. The highest BCUT2D eigenvalue weighted by Gasteiger charge is 2.12. The Bertz CT molecular complexity index is 511. The number of aromatic nitrogens is 1. The topological polar surface area (TPSA) is 38.9 Å². The average Bonchev–Trinajstić information content (AvgIpc) is 2.32. The smallest absolute Gasteiger partial charge is 0.0603 e. The summed E-state index contributed by atoms with van der Waals surface area (Å²) < 4.78 is 1.10. The molecule has 0 radical (unpaired) electrons. The minimum Gasteiger partial charge on any atom is -0.322 e. The van der Waals surface area contributed by atoms with E-state index in [0.717, 1.165) is 22.2 Å². The van der Waals surface area contributed by atoms with Crippen LogP contribution in [0.1, 0.15) is 22.9 Å². The van der Waals surface area contributed by atoms with E-state index in [1.807, 2.05) is 37.3 Å². The number of nitrogens with zero attached hydrogens (tertiary/aromatic N) is 1. The van der Waals surface area contributed by atoms with Crippen molar-refractivity contribution >= 4 is 15.9 Å². The molecule has 0 amide bonds. The summed E-state index contributed by atoms with van der Waals surface area (Å²) in [5.74, 6) is 0. The maximum absolute atomic E-state index is 6.21. The van der Waals surface area contributed by atoms with Gasteiger partial charge in [0.25, 0.3) is 0 Å². The van der Waals surface area contributed by atoms with Gasteiger partial charge in [0.1, 0.15) is 0 Å². The molecule has 0 aliphatic heterocycles. The van der Waals surface area contributed by atoms with Crippen LogP contribution in [0.25, 0.3) is 0 Å². The zero-order valence-corrected chi connectivity index (χ0v) is 11.3. The Morgan fingerprint density at radius 2 is 2.00 bits per heavy atom. The quantitative estimate of drug-likeness (QED) is 0.941. The van der Waals surface area contributed by atoms with E-state index in [1.165, 1.54) is 5.56 Å². The highest BCUT2D eigenvalue weighted by Crippen LogP contribution is 2.22. The van der Waals surface area contributed by atoms with Gasteiger partial charge in [-0.25, -0.2) is 0 Å². The van der Waals surface area contributed by atoms with E-state index in [1.54, 1.807) is 6.20 Å². The fraction of sp³-hybridized carbons (Fsp3) is 0.214. The van der Waals surface area contributed by atoms with Crippen molar-refractivity contribution in [1.82, 2.24) is 4.98 Å². The standard InChI is InChI=1S/C14H15BrN2/c1-10-5-4-8-17-14(10)13(16)9-11-6-2-3-7-12(11)15/h2-8,13H,9,16H2,1H3. The summed E-state index contributed by atoms with van der Waals surface area (Å²) in [4.78, 5) is 4.36. The molecule has 1 aromatic heterocycles. The summed E-state index contributed by atoms with van der Waals surface area (Å²) in [6.07, 6.45) is 2.58. The molecule has 0 aliphatic rings. The van der Waals surface area contributed by atoms with E-state index >= 15 is 0 Å². The van der Waals surface area contributed by atoms with E-state index < -0.39 is 0 Å².